The van der Waals surface area contributed by atoms with Gasteiger partial charge in [0.15, 0.2) is 5.65 Å². The molecule has 0 radical (unpaired) electrons. The first-order valence-electron chi connectivity index (χ1n) is 14.0. The normalized spacial score (nSPS) is 12.8. The van der Waals surface area contributed by atoms with E-state index < -0.39 is 40.0 Å². The number of pyridine rings is 1. The maximum atomic E-state index is 13.2. The van der Waals surface area contributed by atoms with Crippen LogP contribution in [-0.2, 0) is 30.8 Å². The Kier molecular flexibility index (Phi) is 10.5. The molecule has 2 heterocycles. The van der Waals surface area contributed by atoms with E-state index in [1.54, 1.807) is 37.5 Å². The fourth-order valence-corrected chi connectivity index (χ4v) is 5.36. The zero-order valence-corrected chi connectivity index (χ0v) is 25.9. The number of esters is 1. The molecule has 4 aromatic rings. The van der Waals surface area contributed by atoms with Crippen LogP contribution >= 0.6 is 0 Å². The number of carbonyl (C=O) groups excluding carboxylic acids is 2. The van der Waals surface area contributed by atoms with Crippen molar-refractivity contribution in [2.75, 3.05) is 17.9 Å². The van der Waals surface area contributed by atoms with Gasteiger partial charge in [0.2, 0.25) is 5.88 Å². The Morgan fingerprint density at radius 1 is 1.02 bits per heavy atom. The summed E-state index contributed by atoms with van der Waals surface area (Å²) in [4.78, 5) is 31.9. The summed E-state index contributed by atoms with van der Waals surface area (Å²) in [6, 6.07) is 16.3. The Hall–Kier alpha value is -4.70. The smallest absolute Gasteiger partial charge is 0.449 e. The van der Waals surface area contributed by atoms with E-state index in [-0.39, 0.29) is 35.2 Å². The lowest BCUT2D eigenvalue weighted by Gasteiger charge is -2.30. The van der Waals surface area contributed by atoms with Crippen LogP contribution in [0.3, 0.4) is 0 Å². The summed E-state index contributed by atoms with van der Waals surface area (Å²) in [7, 11) is -3.99. The van der Waals surface area contributed by atoms with Gasteiger partial charge in [-0.05, 0) is 63.1 Å². The van der Waals surface area contributed by atoms with E-state index in [0.717, 1.165) is 0 Å². The zero-order chi connectivity index (χ0) is 33.5. The number of hydrogen-bond donors (Lipinski definition) is 2. The van der Waals surface area contributed by atoms with Gasteiger partial charge in [-0.15, -0.1) is 0 Å². The summed E-state index contributed by atoms with van der Waals surface area (Å²) >= 11 is 0. The van der Waals surface area contributed by atoms with Crippen molar-refractivity contribution in [3.8, 4) is 5.88 Å². The molecule has 2 aromatic carbocycles. The predicted molar refractivity (Wildman–Crippen MR) is 160 cm³/mol. The number of aromatic nitrogens is 3. The molecule has 246 valence electrons. The molecule has 0 saturated heterocycles. The fraction of sp³-hybridized carbons (Fsp3) is 0.333. The minimum Gasteiger partial charge on any atom is -0.449 e. The van der Waals surface area contributed by atoms with Crippen molar-refractivity contribution >= 4 is 39.0 Å². The number of halogens is 3. The average molecular weight is 664 g/mol. The number of rotatable bonds is 13. The van der Waals surface area contributed by atoms with Crippen molar-refractivity contribution in [2.24, 2.45) is 0 Å². The lowest BCUT2D eigenvalue weighted by atomic mass is 9.99. The van der Waals surface area contributed by atoms with Crippen LogP contribution in [0.5, 0.6) is 5.88 Å². The van der Waals surface area contributed by atoms with Gasteiger partial charge in [0.1, 0.15) is 6.10 Å². The van der Waals surface area contributed by atoms with E-state index in [0.29, 0.717) is 24.1 Å². The van der Waals surface area contributed by atoms with Crippen LogP contribution in [0.2, 0.25) is 0 Å². The highest BCUT2D eigenvalue weighted by Gasteiger charge is 2.42. The average Bonchev–Trinajstić information content (AvgIpc) is 3.40. The van der Waals surface area contributed by atoms with Gasteiger partial charge in [-0.1, -0.05) is 30.3 Å². The third kappa shape index (κ3) is 9.17. The molecule has 0 fully saturated rings. The van der Waals surface area contributed by atoms with Gasteiger partial charge in [-0.3, -0.25) is 4.72 Å². The van der Waals surface area contributed by atoms with Crippen LogP contribution in [0.1, 0.15) is 38.9 Å². The van der Waals surface area contributed by atoms with Crippen molar-refractivity contribution in [3.63, 3.8) is 0 Å². The predicted octanol–water partition coefficient (Wildman–Crippen LogP) is 5.37. The number of nitrogens with zero attached hydrogens (tertiary/aromatic N) is 3. The highest BCUT2D eigenvalue weighted by Crippen LogP contribution is 2.27. The monoisotopic (exact) mass is 663 g/mol. The third-order valence-electron chi connectivity index (χ3n) is 6.70. The standard InChI is InChI=1S/C30H32F3N5O7S/c1-4-43-28(40)45-25-14-13-23-26(36-25)34-19-38(23)16-15-29(2,3)35-18-24(44-27(39)30(31,32)33)20-9-8-10-21(17-20)37-46(41,42)22-11-6-5-7-12-22/h5-14,17,19,24,35,37H,4,15-16,18H2,1-3H3. The van der Waals surface area contributed by atoms with Gasteiger partial charge in [0, 0.05) is 30.4 Å². The minimum absolute atomic E-state index is 0.00392. The maximum absolute atomic E-state index is 13.2. The Labute approximate surface area is 262 Å². The molecule has 0 spiro atoms. The van der Waals surface area contributed by atoms with Crippen molar-refractivity contribution < 1.29 is 45.4 Å². The molecule has 1 unspecified atom stereocenters. The molecule has 46 heavy (non-hydrogen) atoms. The molecule has 12 nitrogen and oxygen atoms in total. The molecule has 16 heteroatoms. The largest absolute Gasteiger partial charge is 0.515 e. The summed E-state index contributed by atoms with van der Waals surface area (Å²) < 4.78 is 83.9. The molecule has 0 aliphatic carbocycles. The van der Waals surface area contributed by atoms with Crippen LogP contribution in [0.25, 0.3) is 11.2 Å². The summed E-state index contributed by atoms with van der Waals surface area (Å²) in [6.07, 6.45) is -5.53. The van der Waals surface area contributed by atoms with E-state index in [2.05, 4.69) is 20.0 Å². The van der Waals surface area contributed by atoms with Crippen molar-refractivity contribution in [2.45, 2.75) is 56.5 Å². The molecular weight excluding hydrogens is 631 g/mol. The number of aryl methyl sites for hydroxylation is 1. The molecule has 0 aliphatic heterocycles. The minimum atomic E-state index is -5.24. The van der Waals surface area contributed by atoms with E-state index in [1.165, 1.54) is 42.5 Å². The summed E-state index contributed by atoms with van der Waals surface area (Å²) in [5.41, 5.74) is 0.506. The van der Waals surface area contributed by atoms with Crippen LogP contribution in [0, 0.1) is 0 Å². The van der Waals surface area contributed by atoms with Crippen LogP contribution in [0.4, 0.5) is 23.7 Å². The number of benzene rings is 2. The molecule has 1 atom stereocenters. The zero-order valence-electron chi connectivity index (χ0n) is 25.1. The summed E-state index contributed by atoms with van der Waals surface area (Å²) in [6.45, 7) is 5.63. The number of alkyl halides is 3. The van der Waals surface area contributed by atoms with Gasteiger partial charge in [0.05, 0.1) is 23.3 Å². The Morgan fingerprint density at radius 3 is 2.46 bits per heavy atom. The van der Waals surface area contributed by atoms with Crippen molar-refractivity contribution in [1.82, 2.24) is 19.9 Å². The fourth-order valence-electron chi connectivity index (χ4n) is 4.29. The number of imidazole rings is 1. The topological polar surface area (TPSA) is 151 Å². The summed E-state index contributed by atoms with van der Waals surface area (Å²) in [5, 5.41) is 3.16. The lowest BCUT2D eigenvalue weighted by Crippen LogP contribution is -2.43. The van der Waals surface area contributed by atoms with Gasteiger partial charge >= 0.3 is 18.3 Å². The highest BCUT2D eigenvalue weighted by atomic mass is 32.2. The summed E-state index contributed by atoms with van der Waals surface area (Å²) in [5.74, 6) is -2.36. The van der Waals surface area contributed by atoms with Gasteiger partial charge in [-0.25, -0.2) is 23.0 Å². The second-order valence-electron chi connectivity index (χ2n) is 10.7. The Bertz CT molecular complexity index is 1780. The molecular formula is C30H32F3N5O7S. The number of hydrogen-bond acceptors (Lipinski definition) is 10. The number of anilines is 1. The second kappa shape index (κ2) is 14.2. The highest BCUT2D eigenvalue weighted by molar-refractivity contribution is 7.92. The SMILES string of the molecule is CCOC(=O)Oc1ccc2c(ncn2CCC(C)(C)NCC(OC(=O)C(F)(F)F)c2cccc(NS(=O)(=O)c3ccccc3)c2)n1. The third-order valence-corrected chi connectivity index (χ3v) is 8.09. The quantitative estimate of drug-likeness (QED) is 0.179. The van der Waals surface area contributed by atoms with Crippen LogP contribution in [0.15, 0.2) is 78.0 Å². The molecule has 4 rings (SSSR count). The molecule has 0 amide bonds. The van der Waals surface area contributed by atoms with Crippen LogP contribution < -0.4 is 14.8 Å². The first-order chi connectivity index (χ1) is 21.7. The van der Waals surface area contributed by atoms with E-state index >= 15 is 0 Å². The first-order valence-corrected chi connectivity index (χ1v) is 15.5. The molecule has 0 aliphatic rings. The Morgan fingerprint density at radius 2 is 1.76 bits per heavy atom. The maximum Gasteiger partial charge on any atom is 0.515 e. The molecule has 0 saturated carbocycles. The number of sulfonamides is 1. The first kappa shape index (κ1) is 34.2. The van der Waals surface area contributed by atoms with Crippen LogP contribution in [-0.4, -0.2) is 59.9 Å². The van der Waals surface area contributed by atoms with Gasteiger partial charge in [-0.2, -0.15) is 18.2 Å². The van der Waals surface area contributed by atoms with Gasteiger partial charge < -0.3 is 24.1 Å². The second-order valence-corrected chi connectivity index (χ2v) is 12.3. The number of carbonyl (C=O) groups is 2. The van der Waals surface area contributed by atoms with E-state index in [1.807, 2.05) is 18.4 Å². The van der Waals surface area contributed by atoms with Crippen molar-refractivity contribution in [3.05, 3.63) is 78.6 Å². The number of fused-ring (bicyclic) bond motifs is 1. The molecule has 0 bridgehead atoms. The van der Waals surface area contributed by atoms with Gasteiger partial charge in [0.25, 0.3) is 10.0 Å². The van der Waals surface area contributed by atoms with E-state index in [9.17, 15) is 31.2 Å². The number of ether oxygens (including phenoxy) is 3. The lowest BCUT2D eigenvalue weighted by molar-refractivity contribution is -0.205. The Balaban J connectivity index is 1.46. The molecule has 2 N–H and O–H groups in total. The number of nitrogens with one attached hydrogen (secondary N) is 2. The van der Waals surface area contributed by atoms with E-state index in [4.69, 9.17) is 14.2 Å². The van der Waals surface area contributed by atoms with Crippen molar-refractivity contribution in [1.29, 1.82) is 0 Å². The molecule has 2 aromatic heterocycles.